The molecule has 122 valence electrons. The first-order valence-electron chi connectivity index (χ1n) is 7.55. The van der Waals surface area contributed by atoms with Crippen molar-refractivity contribution < 1.29 is 4.79 Å². The largest absolute Gasteiger partial charge is 0.325 e. The van der Waals surface area contributed by atoms with Crippen LogP contribution >= 0.6 is 11.6 Å². The van der Waals surface area contributed by atoms with E-state index >= 15 is 0 Å². The van der Waals surface area contributed by atoms with E-state index in [1.54, 1.807) is 30.3 Å². The second-order valence-electron chi connectivity index (χ2n) is 5.54. The number of carbonyl (C=O) groups is 1. The maximum absolute atomic E-state index is 12.4. The zero-order chi connectivity index (χ0) is 17.1. The molecule has 24 heavy (non-hydrogen) atoms. The van der Waals surface area contributed by atoms with E-state index in [1.807, 2.05) is 19.1 Å². The van der Waals surface area contributed by atoms with Crippen molar-refractivity contribution >= 4 is 34.1 Å². The number of aryl methyl sites for hydroxylation is 2. The molecule has 1 aromatic heterocycles. The number of amides is 1. The van der Waals surface area contributed by atoms with Crippen molar-refractivity contribution in [3.05, 3.63) is 69.7 Å². The van der Waals surface area contributed by atoms with Gasteiger partial charge in [-0.1, -0.05) is 29.8 Å². The van der Waals surface area contributed by atoms with Crippen LogP contribution in [0.5, 0.6) is 0 Å². The molecule has 0 spiro atoms. The van der Waals surface area contributed by atoms with Crippen molar-refractivity contribution in [1.29, 1.82) is 0 Å². The Morgan fingerprint density at radius 1 is 1.25 bits per heavy atom. The molecule has 6 heteroatoms. The van der Waals surface area contributed by atoms with Crippen LogP contribution in [0.2, 0.25) is 5.02 Å². The molecule has 1 N–H and O–H groups in total. The normalized spacial score (nSPS) is 10.8. The zero-order valence-corrected chi connectivity index (χ0v) is 13.9. The van der Waals surface area contributed by atoms with Crippen LogP contribution in [0.15, 0.2) is 53.6 Å². The number of halogens is 1. The topological polar surface area (TPSA) is 64.0 Å². The number of rotatable bonds is 4. The standard InChI is InChI=1S/C18H16ClN3O2/c1-12-6-7-16(14(19)10-12)21-17(23)8-9-22-11-20-15-5-3-2-4-13(15)18(22)24/h2-7,10-11H,8-9H2,1H3,(H,21,23). The number of aromatic nitrogens is 2. The highest BCUT2D eigenvalue weighted by Crippen LogP contribution is 2.22. The molecule has 0 bridgehead atoms. The van der Waals surface area contributed by atoms with Crippen LogP contribution in [-0.4, -0.2) is 15.5 Å². The van der Waals surface area contributed by atoms with E-state index in [2.05, 4.69) is 10.3 Å². The summed E-state index contributed by atoms with van der Waals surface area (Å²) in [5.74, 6) is -0.208. The van der Waals surface area contributed by atoms with Crippen LogP contribution in [-0.2, 0) is 11.3 Å². The number of nitrogens with zero attached hydrogens (tertiary/aromatic N) is 2. The minimum Gasteiger partial charge on any atom is -0.325 e. The molecule has 2 aromatic carbocycles. The Morgan fingerprint density at radius 2 is 2.04 bits per heavy atom. The van der Waals surface area contributed by atoms with Gasteiger partial charge in [0, 0.05) is 13.0 Å². The third-order valence-electron chi connectivity index (χ3n) is 3.71. The second kappa shape index (κ2) is 6.84. The van der Waals surface area contributed by atoms with Crippen molar-refractivity contribution in [3.63, 3.8) is 0 Å². The van der Waals surface area contributed by atoms with Crippen LogP contribution in [0, 0.1) is 6.92 Å². The summed E-state index contributed by atoms with van der Waals surface area (Å²) < 4.78 is 1.44. The van der Waals surface area contributed by atoms with Gasteiger partial charge in [0.1, 0.15) is 0 Å². The monoisotopic (exact) mass is 341 g/mol. The first kappa shape index (κ1) is 16.2. The Balaban J connectivity index is 1.70. The number of hydrogen-bond donors (Lipinski definition) is 1. The number of carbonyl (C=O) groups excluding carboxylic acids is 1. The van der Waals surface area contributed by atoms with E-state index in [-0.39, 0.29) is 24.4 Å². The average molecular weight is 342 g/mol. The van der Waals surface area contributed by atoms with Gasteiger partial charge in [-0.3, -0.25) is 14.2 Å². The smallest absolute Gasteiger partial charge is 0.261 e. The van der Waals surface area contributed by atoms with Crippen molar-refractivity contribution in [2.45, 2.75) is 19.9 Å². The van der Waals surface area contributed by atoms with Gasteiger partial charge >= 0.3 is 0 Å². The summed E-state index contributed by atoms with van der Waals surface area (Å²) >= 11 is 6.10. The Kier molecular flexibility index (Phi) is 4.62. The lowest BCUT2D eigenvalue weighted by atomic mass is 10.2. The molecule has 0 aliphatic heterocycles. The molecule has 0 aliphatic carbocycles. The minimum absolute atomic E-state index is 0.151. The fourth-order valence-corrected chi connectivity index (χ4v) is 2.70. The minimum atomic E-state index is -0.208. The number of nitrogens with one attached hydrogen (secondary N) is 1. The maximum Gasteiger partial charge on any atom is 0.261 e. The van der Waals surface area contributed by atoms with Gasteiger partial charge in [0.2, 0.25) is 5.91 Å². The Hall–Kier alpha value is -2.66. The molecule has 0 aliphatic rings. The first-order valence-corrected chi connectivity index (χ1v) is 7.92. The van der Waals surface area contributed by atoms with E-state index in [0.717, 1.165) is 5.56 Å². The average Bonchev–Trinajstić information content (AvgIpc) is 2.57. The van der Waals surface area contributed by atoms with Gasteiger partial charge in [-0.15, -0.1) is 0 Å². The molecule has 0 fully saturated rings. The van der Waals surface area contributed by atoms with Gasteiger partial charge < -0.3 is 5.32 Å². The summed E-state index contributed by atoms with van der Waals surface area (Å²) in [5.41, 5.74) is 2.08. The van der Waals surface area contributed by atoms with E-state index in [9.17, 15) is 9.59 Å². The highest BCUT2D eigenvalue weighted by atomic mass is 35.5. The fraction of sp³-hybridized carbons (Fsp3) is 0.167. The van der Waals surface area contributed by atoms with E-state index in [1.165, 1.54) is 10.9 Å². The van der Waals surface area contributed by atoms with E-state index in [4.69, 9.17) is 11.6 Å². The van der Waals surface area contributed by atoms with Gasteiger partial charge in [-0.05, 0) is 36.8 Å². The van der Waals surface area contributed by atoms with Gasteiger partial charge in [0.05, 0.1) is 27.9 Å². The number of para-hydroxylation sites is 1. The van der Waals surface area contributed by atoms with Crippen LogP contribution in [0.3, 0.4) is 0 Å². The summed E-state index contributed by atoms with van der Waals surface area (Å²) in [6, 6.07) is 12.6. The van der Waals surface area contributed by atoms with Gasteiger partial charge in [0.15, 0.2) is 0 Å². The maximum atomic E-state index is 12.4. The number of anilines is 1. The lowest BCUT2D eigenvalue weighted by molar-refractivity contribution is -0.116. The number of benzene rings is 2. The van der Waals surface area contributed by atoms with Crippen molar-refractivity contribution in [1.82, 2.24) is 9.55 Å². The van der Waals surface area contributed by atoms with Crippen molar-refractivity contribution in [3.8, 4) is 0 Å². The molecule has 0 unspecified atom stereocenters. The Bertz CT molecular complexity index is 966. The second-order valence-corrected chi connectivity index (χ2v) is 5.95. The molecule has 5 nitrogen and oxygen atoms in total. The highest BCUT2D eigenvalue weighted by molar-refractivity contribution is 6.33. The first-order chi connectivity index (χ1) is 11.5. The lowest BCUT2D eigenvalue weighted by Crippen LogP contribution is -2.23. The Morgan fingerprint density at radius 3 is 2.83 bits per heavy atom. The quantitative estimate of drug-likeness (QED) is 0.791. The van der Waals surface area contributed by atoms with Gasteiger partial charge in [0.25, 0.3) is 5.56 Å². The van der Waals surface area contributed by atoms with Crippen molar-refractivity contribution in [2.75, 3.05) is 5.32 Å². The molecule has 1 heterocycles. The molecule has 0 atom stereocenters. The molecular formula is C18H16ClN3O2. The zero-order valence-electron chi connectivity index (χ0n) is 13.1. The Labute approximate surface area is 143 Å². The van der Waals surface area contributed by atoms with Crippen LogP contribution in [0.4, 0.5) is 5.69 Å². The van der Waals surface area contributed by atoms with Gasteiger partial charge in [-0.25, -0.2) is 4.98 Å². The van der Waals surface area contributed by atoms with Gasteiger partial charge in [-0.2, -0.15) is 0 Å². The van der Waals surface area contributed by atoms with E-state index < -0.39 is 0 Å². The molecule has 3 aromatic rings. The lowest BCUT2D eigenvalue weighted by Gasteiger charge is -2.09. The molecule has 0 saturated carbocycles. The molecule has 0 radical (unpaired) electrons. The summed E-state index contributed by atoms with van der Waals surface area (Å²) in [7, 11) is 0. The third kappa shape index (κ3) is 3.46. The fourth-order valence-electron chi connectivity index (χ4n) is 2.42. The highest BCUT2D eigenvalue weighted by Gasteiger charge is 2.08. The molecule has 1 amide bonds. The third-order valence-corrected chi connectivity index (χ3v) is 4.02. The molecule has 3 rings (SSSR count). The summed E-state index contributed by atoms with van der Waals surface area (Å²) in [5, 5.41) is 3.79. The summed E-state index contributed by atoms with van der Waals surface area (Å²) in [6.07, 6.45) is 1.63. The van der Waals surface area contributed by atoms with Crippen LogP contribution < -0.4 is 10.9 Å². The summed E-state index contributed by atoms with van der Waals surface area (Å²) in [6.45, 7) is 2.18. The SMILES string of the molecule is Cc1ccc(NC(=O)CCn2cnc3ccccc3c2=O)c(Cl)c1. The van der Waals surface area contributed by atoms with Crippen molar-refractivity contribution in [2.24, 2.45) is 0 Å². The van der Waals surface area contributed by atoms with Crippen LogP contribution in [0.1, 0.15) is 12.0 Å². The predicted molar refractivity (Wildman–Crippen MR) is 95.4 cm³/mol. The van der Waals surface area contributed by atoms with E-state index in [0.29, 0.717) is 21.6 Å². The summed E-state index contributed by atoms with van der Waals surface area (Å²) in [4.78, 5) is 28.7. The van der Waals surface area contributed by atoms with Crippen LogP contribution in [0.25, 0.3) is 10.9 Å². The predicted octanol–water partition coefficient (Wildman–Crippen LogP) is 3.39. The number of fused-ring (bicyclic) bond motifs is 1. The molecular weight excluding hydrogens is 326 g/mol. The molecule has 0 saturated heterocycles. The number of hydrogen-bond acceptors (Lipinski definition) is 3.